The van der Waals surface area contributed by atoms with E-state index in [0.29, 0.717) is 42.2 Å². The normalized spacial score (nSPS) is 20.1. The van der Waals surface area contributed by atoms with Gasteiger partial charge in [-0.3, -0.25) is 9.59 Å². The molecule has 1 saturated heterocycles. The SMILES string of the molecule is CS(=O)(=O)N1CCc2nc(C3CCCN(C(=O)c4cccc(F)c4)C3)[nH]c(=O)c2C1. The molecule has 0 radical (unpaired) electrons. The van der Waals surface area contributed by atoms with Gasteiger partial charge >= 0.3 is 0 Å². The predicted octanol–water partition coefficient (Wildman–Crippen LogP) is 1.25. The van der Waals surface area contributed by atoms with Crippen molar-refractivity contribution in [3.63, 3.8) is 0 Å². The van der Waals surface area contributed by atoms with Crippen molar-refractivity contribution in [2.45, 2.75) is 31.7 Å². The van der Waals surface area contributed by atoms with Gasteiger partial charge in [0, 0.05) is 44.1 Å². The van der Waals surface area contributed by atoms with Crippen LogP contribution < -0.4 is 5.56 Å². The number of benzene rings is 1. The Kier molecular flexibility index (Phi) is 5.46. The number of nitrogens with zero attached hydrogens (tertiary/aromatic N) is 3. The number of amides is 1. The van der Waals surface area contributed by atoms with Crippen molar-refractivity contribution in [1.82, 2.24) is 19.2 Å². The van der Waals surface area contributed by atoms with Gasteiger partial charge in [0.25, 0.3) is 11.5 Å². The Morgan fingerprint density at radius 1 is 1.30 bits per heavy atom. The van der Waals surface area contributed by atoms with Gasteiger partial charge < -0.3 is 9.88 Å². The molecular formula is C20H23FN4O4S. The molecule has 10 heteroatoms. The second-order valence-electron chi connectivity index (χ2n) is 7.82. The minimum Gasteiger partial charge on any atom is -0.338 e. The molecule has 160 valence electrons. The fourth-order valence-corrected chi connectivity index (χ4v) is 4.87. The molecule has 2 aromatic rings. The van der Waals surface area contributed by atoms with Crippen LogP contribution in [0.2, 0.25) is 0 Å². The van der Waals surface area contributed by atoms with Crippen LogP contribution in [0.15, 0.2) is 29.1 Å². The van der Waals surface area contributed by atoms with Crippen LogP contribution in [0.1, 0.15) is 46.2 Å². The van der Waals surface area contributed by atoms with E-state index in [2.05, 4.69) is 9.97 Å². The maximum atomic E-state index is 13.5. The lowest BCUT2D eigenvalue weighted by Gasteiger charge is -2.33. The maximum Gasteiger partial charge on any atom is 0.255 e. The van der Waals surface area contributed by atoms with Crippen molar-refractivity contribution in [3.05, 3.63) is 63.1 Å². The van der Waals surface area contributed by atoms with Crippen molar-refractivity contribution >= 4 is 15.9 Å². The lowest BCUT2D eigenvalue weighted by Crippen LogP contribution is -2.41. The monoisotopic (exact) mass is 434 g/mol. The lowest BCUT2D eigenvalue weighted by molar-refractivity contribution is 0.0704. The zero-order valence-corrected chi connectivity index (χ0v) is 17.4. The number of sulfonamides is 1. The molecule has 1 amide bonds. The molecule has 2 aliphatic rings. The summed E-state index contributed by atoms with van der Waals surface area (Å²) in [5, 5.41) is 0. The number of piperidine rings is 1. The van der Waals surface area contributed by atoms with E-state index >= 15 is 0 Å². The summed E-state index contributed by atoms with van der Waals surface area (Å²) in [7, 11) is -3.38. The summed E-state index contributed by atoms with van der Waals surface area (Å²) in [6.07, 6.45) is 3.01. The molecule has 0 aliphatic carbocycles. The standard InChI is InChI=1S/C20H23FN4O4S/c1-30(28,29)25-9-7-17-16(12-25)19(26)23-18(22-17)14-5-3-8-24(11-14)20(27)13-4-2-6-15(21)10-13/h2,4,6,10,14H,3,5,7-9,11-12H2,1H3,(H,22,23,26). The molecule has 0 bridgehead atoms. The first-order chi connectivity index (χ1) is 14.2. The minimum absolute atomic E-state index is 0.0195. The average molecular weight is 434 g/mol. The highest BCUT2D eigenvalue weighted by Gasteiger charge is 2.30. The second kappa shape index (κ2) is 7.92. The summed E-state index contributed by atoms with van der Waals surface area (Å²) in [5.41, 5.74) is 0.946. The summed E-state index contributed by atoms with van der Waals surface area (Å²) in [5.74, 6) is -0.327. The Labute approximate surface area is 173 Å². The number of carbonyl (C=O) groups is 1. The summed E-state index contributed by atoms with van der Waals surface area (Å²) >= 11 is 0. The first kappa shape index (κ1) is 20.7. The highest BCUT2D eigenvalue weighted by atomic mass is 32.2. The molecule has 1 N–H and O–H groups in total. The van der Waals surface area contributed by atoms with Gasteiger partial charge in [0.2, 0.25) is 10.0 Å². The van der Waals surface area contributed by atoms with Gasteiger partial charge in [-0.05, 0) is 31.0 Å². The van der Waals surface area contributed by atoms with Crippen LogP contribution in [-0.2, 0) is 23.0 Å². The van der Waals surface area contributed by atoms with E-state index in [4.69, 9.17) is 0 Å². The Morgan fingerprint density at radius 2 is 2.10 bits per heavy atom. The molecule has 0 saturated carbocycles. The topological polar surface area (TPSA) is 103 Å². The number of aromatic amines is 1. The summed E-state index contributed by atoms with van der Waals surface area (Å²) in [6.45, 7) is 1.25. The number of hydrogen-bond acceptors (Lipinski definition) is 5. The molecule has 3 heterocycles. The summed E-state index contributed by atoms with van der Waals surface area (Å²) in [6, 6.07) is 5.61. The van der Waals surface area contributed by atoms with Crippen molar-refractivity contribution < 1.29 is 17.6 Å². The van der Waals surface area contributed by atoms with Gasteiger partial charge in [-0.2, -0.15) is 4.31 Å². The molecule has 1 aromatic carbocycles. The van der Waals surface area contributed by atoms with E-state index in [0.717, 1.165) is 19.1 Å². The molecule has 2 aliphatic heterocycles. The number of H-pyrrole nitrogens is 1. The van der Waals surface area contributed by atoms with Crippen LogP contribution in [0.25, 0.3) is 0 Å². The predicted molar refractivity (Wildman–Crippen MR) is 108 cm³/mol. The Balaban J connectivity index is 1.55. The van der Waals surface area contributed by atoms with Gasteiger partial charge in [-0.25, -0.2) is 17.8 Å². The smallest absolute Gasteiger partial charge is 0.255 e. The highest BCUT2D eigenvalue weighted by Crippen LogP contribution is 2.26. The number of rotatable bonds is 3. The molecule has 8 nitrogen and oxygen atoms in total. The van der Waals surface area contributed by atoms with E-state index in [1.54, 1.807) is 11.0 Å². The van der Waals surface area contributed by atoms with Crippen LogP contribution >= 0.6 is 0 Å². The third-order valence-corrected chi connectivity index (χ3v) is 6.94. The van der Waals surface area contributed by atoms with Crippen molar-refractivity contribution in [2.75, 3.05) is 25.9 Å². The quantitative estimate of drug-likeness (QED) is 0.783. The van der Waals surface area contributed by atoms with Gasteiger partial charge in [0.1, 0.15) is 11.6 Å². The molecule has 30 heavy (non-hydrogen) atoms. The highest BCUT2D eigenvalue weighted by molar-refractivity contribution is 7.88. The fourth-order valence-electron chi connectivity index (χ4n) is 4.08. The third kappa shape index (κ3) is 4.15. The Hall–Kier alpha value is -2.59. The number of fused-ring (bicyclic) bond motifs is 1. The van der Waals surface area contributed by atoms with Gasteiger partial charge in [0.15, 0.2) is 0 Å². The first-order valence-electron chi connectivity index (χ1n) is 9.84. The number of carbonyl (C=O) groups excluding carboxylic acids is 1. The van der Waals surface area contributed by atoms with E-state index in [1.165, 1.54) is 22.5 Å². The molecule has 1 fully saturated rings. The lowest BCUT2D eigenvalue weighted by atomic mass is 9.96. The Morgan fingerprint density at radius 3 is 2.83 bits per heavy atom. The van der Waals surface area contributed by atoms with Crippen LogP contribution in [0, 0.1) is 5.82 Å². The van der Waals surface area contributed by atoms with E-state index < -0.39 is 15.8 Å². The molecule has 1 aromatic heterocycles. The summed E-state index contributed by atoms with van der Waals surface area (Å²) < 4.78 is 38.3. The molecule has 1 atom stereocenters. The summed E-state index contributed by atoms with van der Waals surface area (Å²) in [4.78, 5) is 34.5. The van der Waals surface area contributed by atoms with Crippen LogP contribution in [0.4, 0.5) is 4.39 Å². The molecule has 0 spiro atoms. The number of likely N-dealkylation sites (tertiary alicyclic amines) is 1. The Bertz CT molecular complexity index is 1150. The van der Waals surface area contributed by atoms with Crippen molar-refractivity contribution in [3.8, 4) is 0 Å². The zero-order valence-electron chi connectivity index (χ0n) is 16.6. The van der Waals surface area contributed by atoms with Gasteiger partial charge in [-0.15, -0.1) is 0 Å². The number of halogens is 1. The molecule has 1 unspecified atom stereocenters. The second-order valence-corrected chi connectivity index (χ2v) is 9.81. The van der Waals surface area contributed by atoms with E-state index in [-0.39, 0.29) is 30.5 Å². The largest absolute Gasteiger partial charge is 0.338 e. The third-order valence-electron chi connectivity index (χ3n) is 5.69. The number of nitrogens with one attached hydrogen (secondary N) is 1. The fraction of sp³-hybridized carbons (Fsp3) is 0.450. The minimum atomic E-state index is -3.38. The number of aromatic nitrogens is 2. The van der Waals surface area contributed by atoms with Crippen LogP contribution in [0.5, 0.6) is 0 Å². The van der Waals surface area contributed by atoms with Crippen LogP contribution in [-0.4, -0.2) is 59.4 Å². The van der Waals surface area contributed by atoms with Gasteiger partial charge in [0.05, 0.1) is 17.5 Å². The van der Waals surface area contributed by atoms with E-state index in [9.17, 15) is 22.4 Å². The number of hydrogen-bond donors (Lipinski definition) is 1. The van der Waals surface area contributed by atoms with Gasteiger partial charge in [-0.1, -0.05) is 6.07 Å². The first-order valence-corrected chi connectivity index (χ1v) is 11.7. The van der Waals surface area contributed by atoms with E-state index in [1.807, 2.05) is 0 Å². The van der Waals surface area contributed by atoms with Crippen molar-refractivity contribution in [2.24, 2.45) is 0 Å². The maximum absolute atomic E-state index is 13.5. The van der Waals surface area contributed by atoms with Crippen molar-refractivity contribution in [1.29, 1.82) is 0 Å². The molecule has 4 rings (SSSR count). The van der Waals surface area contributed by atoms with Crippen LogP contribution in [0.3, 0.4) is 0 Å². The molecular weight excluding hydrogens is 411 g/mol. The zero-order chi connectivity index (χ0) is 21.5. The average Bonchev–Trinajstić information content (AvgIpc) is 2.72.